The molecule has 7 heteroatoms. The topological polar surface area (TPSA) is 62.3 Å². The Kier molecular flexibility index (Phi) is 4.87. The Morgan fingerprint density at radius 1 is 1.35 bits per heavy atom. The maximum atomic E-state index is 12.2. The summed E-state index contributed by atoms with van der Waals surface area (Å²) in [5.41, 5.74) is 0.923. The van der Waals surface area contributed by atoms with Gasteiger partial charge in [0.15, 0.2) is 0 Å². The highest BCUT2D eigenvalue weighted by Gasteiger charge is 2.25. The summed E-state index contributed by atoms with van der Waals surface area (Å²) in [5.74, 6) is 0. The second-order valence-electron chi connectivity index (χ2n) is 4.37. The zero-order chi connectivity index (χ0) is 14.6. The SMILES string of the molecule is C[C@@H](c1nccs1)N(C)S(=O)(=O)NCc1ccccc1. The molecule has 1 heterocycles. The average molecular weight is 311 g/mol. The van der Waals surface area contributed by atoms with E-state index in [1.807, 2.05) is 42.6 Å². The molecular formula is C13H17N3O2S2. The highest BCUT2D eigenvalue weighted by Crippen LogP contribution is 2.22. The zero-order valence-electron chi connectivity index (χ0n) is 11.4. The van der Waals surface area contributed by atoms with Gasteiger partial charge in [-0.2, -0.15) is 17.4 Å². The molecule has 0 bridgehead atoms. The van der Waals surface area contributed by atoms with Gasteiger partial charge in [-0.1, -0.05) is 30.3 Å². The lowest BCUT2D eigenvalue weighted by atomic mass is 10.2. The molecule has 5 nitrogen and oxygen atoms in total. The first-order valence-corrected chi connectivity index (χ1v) is 8.48. The molecule has 0 aliphatic heterocycles. The lowest BCUT2D eigenvalue weighted by Crippen LogP contribution is -2.39. The van der Waals surface area contributed by atoms with Gasteiger partial charge in [-0.15, -0.1) is 11.3 Å². The third kappa shape index (κ3) is 3.63. The van der Waals surface area contributed by atoms with Gasteiger partial charge in [0.2, 0.25) is 0 Å². The fourth-order valence-electron chi connectivity index (χ4n) is 1.68. The van der Waals surface area contributed by atoms with Crippen LogP contribution >= 0.6 is 11.3 Å². The molecule has 2 aromatic rings. The van der Waals surface area contributed by atoms with Gasteiger partial charge in [0.25, 0.3) is 10.2 Å². The van der Waals surface area contributed by atoms with Crippen LogP contribution in [0.1, 0.15) is 23.5 Å². The van der Waals surface area contributed by atoms with Crippen molar-refractivity contribution in [2.75, 3.05) is 7.05 Å². The Morgan fingerprint density at radius 3 is 2.65 bits per heavy atom. The second kappa shape index (κ2) is 6.45. The van der Waals surface area contributed by atoms with Gasteiger partial charge < -0.3 is 0 Å². The summed E-state index contributed by atoms with van der Waals surface area (Å²) in [7, 11) is -1.98. The molecule has 1 N–H and O–H groups in total. The molecule has 108 valence electrons. The molecule has 0 amide bonds. The summed E-state index contributed by atoms with van der Waals surface area (Å²) in [4.78, 5) is 4.15. The normalized spacial score (nSPS) is 13.6. The van der Waals surface area contributed by atoms with Crippen molar-refractivity contribution in [1.82, 2.24) is 14.0 Å². The van der Waals surface area contributed by atoms with Crippen LogP contribution in [0.4, 0.5) is 0 Å². The highest BCUT2D eigenvalue weighted by molar-refractivity contribution is 7.87. The smallest absolute Gasteiger partial charge is 0.248 e. The molecule has 0 unspecified atom stereocenters. The summed E-state index contributed by atoms with van der Waals surface area (Å²) in [6.45, 7) is 2.10. The fourth-order valence-corrected chi connectivity index (χ4v) is 3.55. The second-order valence-corrected chi connectivity index (χ2v) is 7.12. The summed E-state index contributed by atoms with van der Waals surface area (Å²) >= 11 is 1.44. The van der Waals surface area contributed by atoms with Gasteiger partial charge in [-0.25, -0.2) is 4.98 Å². The molecule has 0 fully saturated rings. The van der Waals surface area contributed by atoms with Crippen molar-refractivity contribution in [3.05, 3.63) is 52.5 Å². The Bertz CT molecular complexity index is 627. The molecule has 1 aromatic carbocycles. The van der Waals surface area contributed by atoms with Crippen molar-refractivity contribution in [2.45, 2.75) is 19.5 Å². The predicted molar refractivity (Wildman–Crippen MR) is 80.5 cm³/mol. The number of hydrogen-bond donors (Lipinski definition) is 1. The third-order valence-corrected chi connectivity index (χ3v) is 5.56. The van der Waals surface area contributed by atoms with Crippen LogP contribution in [0.3, 0.4) is 0 Å². The van der Waals surface area contributed by atoms with Crippen LogP contribution in [0.15, 0.2) is 41.9 Å². The summed E-state index contributed by atoms with van der Waals surface area (Å²) in [5, 5.41) is 2.61. The highest BCUT2D eigenvalue weighted by atomic mass is 32.2. The Hall–Kier alpha value is -1.28. The average Bonchev–Trinajstić information content (AvgIpc) is 2.99. The van der Waals surface area contributed by atoms with Gasteiger partial charge in [-0.3, -0.25) is 0 Å². The minimum absolute atomic E-state index is 0.276. The molecule has 1 aromatic heterocycles. The number of aromatic nitrogens is 1. The van der Waals surface area contributed by atoms with E-state index in [1.165, 1.54) is 15.6 Å². The molecule has 20 heavy (non-hydrogen) atoms. The molecule has 0 saturated heterocycles. The molecular weight excluding hydrogens is 294 g/mol. The molecule has 0 spiro atoms. The minimum atomic E-state index is -3.53. The first-order valence-electron chi connectivity index (χ1n) is 6.16. The number of hydrogen-bond acceptors (Lipinski definition) is 4. The summed E-state index contributed by atoms with van der Waals surface area (Å²) < 4.78 is 28.4. The quantitative estimate of drug-likeness (QED) is 0.889. The van der Waals surface area contributed by atoms with Crippen LogP contribution in [0, 0.1) is 0 Å². The first kappa shape index (κ1) is 15.1. The van der Waals surface area contributed by atoms with E-state index in [-0.39, 0.29) is 12.6 Å². The standard InChI is InChI=1S/C13H17N3O2S2/c1-11(13-14-8-9-19-13)16(2)20(17,18)15-10-12-6-4-3-5-7-12/h3-9,11,15H,10H2,1-2H3/t11-/m0/s1. The molecule has 2 rings (SSSR count). The van der Waals surface area contributed by atoms with Gasteiger partial charge >= 0.3 is 0 Å². The first-order chi connectivity index (χ1) is 9.50. The molecule has 0 radical (unpaired) electrons. The lowest BCUT2D eigenvalue weighted by Gasteiger charge is -2.22. The maximum Gasteiger partial charge on any atom is 0.280 e. The van der Waals surface area contributed by atoms with Crippen LogP contribution in [-0.2, 0) is 16.8 Å². The number of rotatable bonds is 6. The van der Waals surface area contributed by atoms with Crippen LogP contribution in [0.5, 0.6) is 0 Å². The van der Waals surface area contributed by atoms with Gasteiger partial charge in [0.1, 0.15) is 5.01 Å². The van der Waals surface area contributed by atoms with Crippen molar-refractivity contribution >= 4 is 21.5 Å². The van der Waals surface area contributed by atoms with Gasteiger partial charge in [-0.05, 0) is 12.5 Å². The van der Waals surface area contributed by atoms with Crippen LogP contribution < -0.4 is 4.72 Å². The van der Waals surface area contributed by atoms with Crippen LogP contribution in [0.2, 0.25) is 0 Å². The maximum absolute atomic E-state index is 12.2. The van der Waals surface area contributed by atoms with Crippen molar-refractivity contribution in [2.24, 2.45) is 0 Å². The van der Waals surface area contributed by atoms with Crippen molar-refractivity contribution < 1.29 is 8.42 Å². The van der Waals surface area contributed by atoms with E-state index in [0.29, 0.717) is 0 Å². The van der Waals surface area contributed by atoms with Crippen molar-refractivity contribution in [1.29, 1.82) is 0 Å². The predicted octanol–water partition coefficient (Wildman–Crippen LogP) is 2.17. The van der Waals surface area contributed by atoms with E-state index < -0.39 is 10.2 Å². The third-order valence-electron chi connectivity index (χ3n) is 3.03. The molecule has 0 aliphatic carbocycles. The Labute approximate surface area is 123 Å². The Morgan fingerprint density at radius 2 is 2.05 bits per heavy atom. The number of nitrogens with one attached hydrogen (secondary N) is 1. The molecule has 0 aliphatic rings. The van der Waals surface area contributed by atoms with Crippen LogP contribution in [0.25, 0.3) is 0 Å². The fraction of sp³-hybridized carbons (Fsp3) is 0.308. The minimum Gasteiger partial charge on any atom is -0.248 e. The van der Waals surface area contributed by atoms with E-state index in [4.69, 9.17) is 0 Å². The zero-order valence-corrected chi connectivity index (χ0v) is 13.0. The number of thiazole rings is 1. The van der Waals surface area contributed by atoms with Crippen LogP contribution in [-0.4, -0.2) is 24.8 Å². The van der Waals surface area contributed by atoms with E-state index in [2.05, 4.69) is 9.71 Å². The molecule has 1 atom stereocenters. The summed E-state index contributed by atoms with van der Waals surface area (Å²) in [6.07, 6.45) is 1.67. The Balaban J connectivity index is 2.03. The number of nitrogens with zero attached hydrogens (tertiary/aromatic N) is 2. The van der Waals surface area contributed by atoms with E-state index in [1.54, 1.807) is 13.2 Å². The van der Waals surface area contributed by atoms with Gasteiger partial charge in [0.05, 0.1) is 6.04 Å². The van der Waals surface area contributed by atoms with Crippen molar-refractivity contribution in [3.63, 3.8) is 0 Å². The molecule has 0 saturated carbocycles. The largest absolute Gasteiger partial charge is 0.280 e. The van der Waals surface area contributed by atoms with E-state index in [0.717, 1.165) is 10.6 Å². The monoisotopic (exact) mass is 311 g/mol. The van der Waals surface area contributed by atoms with E-state index >= 15 is 0 Å². The summed E-state index contributed by atoms with van der Waals surface area (Å²) in [6, 6.07) is 9.13. The van der Waals surface area contributed by atoms with E-state index in [9.17, 15) is 8.42 Å². The van der Waals surface area contributed by atoms with Crippen molar-refractivity contribution in [3.8, 4) is 0 Å². The number of benzene rings is 1. The lowest BCUT2D eigenvalue weighted by molar-refractivity contribution is 0.389. The van der Waals surface area contributed by atoms with Gasteiger partial charge in [0, 0.05) is 25.2 Å².